The summed E-state index contributed by atoms with van der Waals surface area (Å²) in [6.07, 6.45) is 6.25. The predicted molar refractivity (Wildman–Crippen MR) is 112 cm³/mol. The summed E-state index contributed by atoms with van der Waals surface area (Å²) in [6.45, 7) is 0. The molecule has 2 aromatic heterocycles. The van der Waals surface area contributed by atoms with Crippen molar-refractivity contribution in [1.29, 1.82) is 0 Å². The molecule has 0 aliphatic heterocycles. The van der Waals surface area contributed by atoms with E-state index >= 15 is 0 Å². The number of fused-ring (bicyclic) bond motifs is 1. The van der Waals surface area contributed by atoms with Gasteiger partial charge in [-0.05, 0) is 54.8 Å². The number of nitrogens with two attached hydrogens (primary N) is 1. The average molecular weight is 415 g/mol. The van der Waals surface area contributed by atoms with Crippen molar-refractivity contribution in [1.82, 2.24) is 20.1 Å². The number of hydrogen-bond acceptors (Lipinski definition) is 4. The second kappa shape index (κ2) is 7.02. The van der Waals surface area contributed by atoms with Crippen molar-refractivity contribution in [2.75, 3.05) is 0 Å². The Morgan fingerprint density at radius 3 is 2.55 bits per heavy atom. The van der Waals surface area contributed by atoms with Gasteiger partial charge >= 0.3 is 0 Å². The number of primary amides is 1. The van der Waals surface area contributed by atoms with Gasteiger partial charge in [0, 0.05) is 17.1 Å². The number of benzene rings is 2. The van der Waals surface area contributed by atoms with E-state index in [9.17, 15) is 14.0 Å². The molecule has 1 aliphatic carbocycles. The Balaban J connectivity index is 1.47. The van der Waals surface area contributed by atoms with E-state index < -0.39 is 11.4 Å². The zero-order chi connectivity index (χ0) is 21.6. The Bertz CT molecular complexity index is 1330. The van der Waals surface area contributed by atoms with Crippen molar-refractivity contribution < 1.29 is 14.0 Å². The minimum absolute atomic E-state index is 0.279. The highest BCUT2D eigenvalue weighted by Gasteiger charge is 2.46. The van der Waals surface area contributed by atoms with Gasteiger partial charge in [-0.15, -0.1) is 0 Å². The highest BCUT2D eigenvalue weighted by atomic mass is 19.1. The van der Waals surface area contributed by atoms with Gasteiger partial charge in [0.15, 0.2) is 0 Å². The molecule has 0 saturated heterocycles. The van der Waals surface area contributed by atoms with Gasteiger partial charge in [0.2, 0.25) is 5.91 Å². The lowest BCUT2D eigenvalue weighted by molar-refractivity contribution is 0.0931. The summed E-state index contributed by atoms with van der Waals surface area (Å²) in [7, 11) is 0. The molecule has 2 heterocycles. The summed E-state index contributed by atoms with van der Waals surface area (Å²) in [5.74, 6) is -1.13. The highest BCUT2D eigenvalue weighted by Crippen LogP contribution is 2.46. The number of halogens is 1. The van der Waals surface area contributed by atoms with E-state index in [1.165, 1.54) is 18.3 Å². The lowest BCUT2D eigenvalue weighted by atomic mass is 10.0. The molecule has 4 aromatic rings. The topological polar surface area (TPSA) is 103 Å². The van der Waals surface area contributed by atoms with Gasteiger partial charge in [0.25, 0.3) is 5.91 Å². The van der Waals surface area contributed by atoms with Crippen molar-refractivity contribution in [2.45, 2.75) is 18.4 Å². The van der Waals surface area contributed by atoms with Crippen LogP contribution in [0.2, 0.25) is 0 Å². The standard InChI is InChI=1S/C23H18FN5O2/c24-16-4-6-17(7-5-16)29-20-13-26-11-19(18(20)12-27-29)22(31)28-23(8-9-23)15-3-1-2-14(10-15)21(25)30/h1-7,10-13H,8-9H2,(H2,25,30)(H,28,31). The molecule has 0 spiro atoms. The third-order valence-corrected chi connectivity index (χ3v) is 5.62. The van der Waals surface area contributed by atoms with Crippen LogP contribution in [-0.2, 0) is 5.54 Å². The van der Waals surface area contributed by atoms with Crippen LogP contribution in [0.5, 0.6) is 0 Å². The first-order valence-electron chi connectivity index (χ1n) is 9.77. The Hall–Kier alpha value is -4.07. The van der Waals surface area contributed by atoms with Gasteiger partial charge in [-0.1, -0.05) is 12.1 Å². The summed E-state index contributed by atoms with van der Waals surface area (Å²) >= 11 is 0. The van der Waals surface area contributed by atoms with Crippen LogP contribution in [-0.4, -0.2) is 26.6 Å². The first kappa shape index (κ1) is 18.9. The fourth-order valence-corrected chi connectivity index (χ4v) is 3.78. The Labute approximate surface area is 176 Å². The molecule has 0 unspecified atom stereocenters. The fraction of sp³-hybridized carbons (Fsp3) is 0.130. The van der Waals surface area contributed by atoms with Crippen LogP contribution in [0.4, 0.5) is 4.39 Å². The maximum atomic E-state index is 13.3. The first-order chi connectivity index (χ1) is 15.0. The summed E-state index contributed by atoms with van der Waals surface area (Å²) in [6, 6.07) is 12.9. The molecule has 1 aliphatic rings. The summed E-state index contributed by atoms with van der Waals surface area (Å²) in [5.41, 5.74) is 7.81. The molecule has 5 rings (SSSR count). The zero-order valence-electron chi connectivity index (χ0n) is 16.4. The van der Waals surface area contributed by atoms with E-state index in [2.05, 4.69) is 15.4 Å². The smallest absolute Gasteiger partial charge is 0.254 e. The molecule has 7 nitrogen and oxygen atoms in total. The molecule has 1 saturated carbocycles. The minimum Gasteiger partial charge on any atom is -0.366 e. The maximum absolute atomic E-state index is 13.3. The van der Waals surface area contributed by atoms with Crippen LogP contribution in [0.25, 0.3) is 16.6 Å². The van der Waals surface area contributed by atoms with E-state index in [0.29, 0.717) is 27.7 Å². The van der Waals surface area contributed by atoms with E-state index in [4.69, 9.17) is 5.73 Å². The molecular weight excluding hydrogens is 397 g/mol. The molecule has 2 amide bonds. The second-order valence-corrected chi connectivity index (χ2v) is 7.63. The molecule has 8 heteroatoms. The number of pyridine rings is 1. The summed E-state index contributed by atoms with van der Waals surface area (Å²) in [5, 5.41) is 8.10. The molecular formula is C23H18FN5O2. The van der Waals surface area contributed by atoms with Crippen LogP contribution in [0.15, 0.2) is 67.1 Å². The lowest BCUT2D eigenvalue weighted by Crippen LogP contribution is -2.35. The van der Waals surface area contributed by atoms with Crippen LogP contribution in [0.1, 0.15) is 39.1 Å². The number of carbonyl (C=O) groups excluding carboxylic acids is 2. The van der Waals surface area contributed by atoms with Crippen molar-refractivity contribution >= 4 is 22.7 Å². The van der Waals surface area contributed by atoms with Gasteiger partial charge in [-0.25, -0.2) is 9.07 Å². The van der Waals surface area contributed by atoms with Gasteiger partial charge in [-0.2, -0.15) is 5.10 Å². The fourth-order valence-electron chi connectivity index (χ4n) is 3.78. The zero-order valence-corrected chi connectivity index (χ0v) is 16.4. The van der Waals surface area contributed by atoms with Gasteiger partial charge in [-0.3, -0.25) is 14.6 Å². The van der Waals surface area contributed by atoms with Crippen molar-refractivity contribution in [3.8, 4) is 5.69 Å². The van der Waals surface area contributed by atoms with Crippen LogP contribution < -0.4 is 11.1 Å². The monoisotopic (exact) mass is 415 g/mol. The number of amides is 2. The summed E-state index contributed by atoms with van der Waals surface area (Å²) < 4.78 is 14.9. The van der Waals surface area contributed by atoms with Crippen LogP contribution in [0, 0.1) is 5.82 Å². The molecule has 31 heavy (non-hydrogen) atoms. The summed E-state index contributed by atoms with van der Waals surface area (Å²) in [4.78, 5) is 28.9. The molecule has 2 aromatic carbocycles. The number of aromatic nitrogens is 3. The van der Waals surface area contributed by atoms with E-state index in [0.717, 1.165) is 18.4 Å². The molecule has 0 radical (unpaired) electrons. The Morgan fingerprint density at radius 1 is 1.06 bits per heavy atom. The van der Waals surface area contributed by atoms with Crippen molar-refractivity contribution in [2.24, 2.45) is 5.73 Å². The normalized spacial score (nSPS) is 14.4. The van der Waals surface area contributed by atoms with Gasteiger partial charge in [0.05, 0.1) is 34.7 Å². The highest BCUT2D eigenvalue weighted by molar-refractivity contribution is 6.06. The molecule has 3 N–H and O–H groups in total. The third-order valence-electron chi connectivity index (χ3n) is 5.62. The maximum Gasteiger partial charge on any atom is 0.254 e. The van der Waals surface area contributed by atoms with Gasteiger partial charge in [0.1, 0.15) is 5.82 Å². The minimum atomic E-state index is -0.530. The number of nitrogens with zero attached hydrogens (tertiary/aromatic N) is 3. The quantitative estimate of drug-likeness (QED) is 0.523. The SMILES string of the molecule is NC(=O)c1cccc(C2(NC(=O)c3cncc4c3cnn4-c3ccc(F)cc3)CC2)c1. The lowest BCUT2D eigenvalue weighted by Gasteiger charge is -2.19. The largest absolute Gasteiger partial charge is 0.366 e. The average Bonchev–Trinajstić information content (AvgIpc) is 3.43. The number of rotatable bonds is 5. The predicted octanol–water partition coefficient (Wildman–Crippen LogP) is 3.08. The first-order valence-corrected chi connectivity index (χ1v) is 9.77. The Morgan fingerprint density at radius 2 is 1.84 bits per heavy atom. The second-order valence-electron chi connectivity index (χ2n) is 7.63. The number of hydrogen-bond donors (Lipinski definition) is 2. The number of nitrogens with one attached hydrogen (secondary N) is 1. The number of carbonyl (C=O) groups is 2. The molecule has 0 bridgehead atoms. The van der Waals surface area contributed by atoms with Gasteiger partial charge < -0.3 is 11.1 Å². The van der Waals surface area contributed by atoms with Crippen LogP contribution >= 0.6 is 0 Å². The van der Waals surface area contributed by atoms with E-state index in [1.807, 2.05) is 6.07 Å². The molecule has 154 valence electrons. The van der Waals surface area contributed by atoms with Crippen molar-refractivity contribution in [3.63, 3.8) is 0 Å². The third kappa shape index (κ3) is 3.31. The van der Waals surface area contributed by atoms with E-state index in [-0.39, 0.29) is 11.7 Å². The van der Waals surface area contributed by atoms with Crippen LogP contribution in [0.3, 0.4) is 0 Å². The Kier molecular flexibility index (Phi) is 4.28. The molecule has 0 atom stereocenters. The molecule has 1 fully saturated rings. The van der Waals surface area contributed by atoms with E-state index in [1.54, 1.807) is 47.4 Å². The van der Waals surface area contributed by atoms with Crippen molar-refractivity contribution in [3.05, 3.63) is 89.6 Å².